The number of benzene rings is 2. The van der Waals surface area contributed by atoms with Gasteiger partial charge < -0.3 is 10.4 Å². The second kappa shape index (κ2) is 7.27. The monoisotopic (exact) mass is 421 g/mol. The molecule has 31 heavy (non-hydrogen) atoms. The molecule has 162 valence electrons. The molecule has 2 N–H and O–H groups in total. The molecule has 0 heterocycles. The van der Waals surface area contributed by atoms with Crippen molar-refractivity contribution in [2.24, 2.45) is 17.8 Å². The molecule has 4 aliphatic rings. The third-order valence-electron chi connectivity index (χ3n) is 7.65. The second-order valence-electron chi connectivity index (χ2n) is 10.0. The van der Waals surface area contributed by atoms with Crippen LogP contribution in [0.15, 0.2) is 36.4 Å². The van der Waals surface area contributed by atoms with E-state index in [0.29, 0.717) is 34.4 Å². The summed E-state index contributed by atoms with van der Waals surface area (Å²) >= 11 is 0. The Kier molecular flexibility index (Phi) is 4.78. The van der Waals surface area contributed by atoms with E-state index in [1.807, 2.05) is 13.8 Å². The lowest BCUT2D eigenvalue weighted by molar-refractivity contribution is -0.136. The van der Waals surface area contributed by atoms with E-state index in [9.17, 15) is 19.1 Å². The van der Waals surface area contributed by atoms with Crippen LogP contribution in [0.2, 0.25) is 0 Å². The second-order valence-corrected chi connectivity index (χ2v) is 10.0. The summed E-state index contributed by atoms with van der Waals surface area (Å²) in [5.41, 5.74) is 2.29. The van der Waals surface area contributed by atoms with Gasteiger partial charge in [-0.15, -0.1) is 0 Å². The van der Waals surface area contributed by atoms with Crippen molar-refractivity contribution in [1.29, 1.82) is 0 Å². The van der Waals surface area contributed by atoms with Crippen LogP contribution >= 0.6 is 0 Å². The highest BCUT2D eigenvalue weighted by Crippen LogP contribution is 2.55. The van der Waals surface area contributed by atoms with E-state index in [-0.39, 0.29) is 17.7 Å². The summed E-state index contributed by atoms with van der Waals surface area (Å²) in [4.78, 5) is 26.1. The zero-order chi connectivity index (χ0) is 21.9. The Bertz CT molecular complexity index is 1040. The molecule has 0 radical (unpaired) electrons. The quantitative estimate of drug-likeness (QED) is 0.722. The fourth-order valence-corrected chi connectivity index (χ4v) is 6.69. The van der Waals surface area contributed by atoms with Crippen molar-refractivity contribution < 1.29 is 19.1 Å². The van der Waals surface area contributed by atoms with Gasteiger partial charge in [-0.1, -0.05) is 12.1 Å². The lowest BCUT2D eigenvalue weighted by atomic mass is 9.52. The van der Waals surface area contributed by atoms with Gasteiger partial charge in [0, 0.05) is 22.7 Å². The molecule has 2 aromatic carbocycles. The van der Waals surface area contributed by atoms with E-state index in [1.54, 1.807) is 18.2 Å². The highest BCUT2D eigenvalue weighted by molar-refractivity contribution is 6.10. The molecular weight excluding hydrogens is 393 g/mol. The molecule has 0 aromatic heterocycles. The van der Waals surface area contributed by atoms with Crippen molar-refractivity contribution >= 4 is 11.7 Å². The first-order chi connectivity index (χ1) is 14.7. The van der Waals surface area contributed by atoms with Gasteiger partial charge in [0.15, 0.2) is 5.78 Å². The molecule has 6 rings (SSSR count). The van der Waals surface area contributed by atoms with Crippen molar-refractivity contribution in [3.8, 4) is 0 Å². The number of carbonyl (C=O) groups excluding carboxylic acids is 2. The lowest BCUT2D eigenvalue weighted by Crippen LogP contribution is -2.61. The molecule has 1 amide bonds. The molecule has 0 aliphatic heterocycles. The van der Waals surface area contributed by atoms with Gasteiger partial charge in [0.05, 0.1) is 5.60 Å². The first-order valence-electron chi connectivity index (χ1n) is 11.2. The summed E-state index contributed by atoms with van der Waals surface area (Å²) in [5.74, 6) is 0.461. The number of halogens is 1. The van der Waals surface area contributed by atoms with Crippen molar-refractivity contribution in [2.75, 3.05) is 0 Å². The van der Waals surface area contributed by atoms with Gasteiger partial charge in [0.25, 0.3) is 5.91 Å². The van der Waals surface area contributed by atoms with Crippen LogP contribution in [0.1, 0.15) is 69.5 Å². The molecule has 0 saturated heterocycles. The number of nitrogens with one attached hydrogen (secondary N) is 1. The number of aryl methyl sites for hydroxylation is 2. The fourth-order valence-electron chi connectivity index (χ4n) is 6.69. The van der Waals surface area contributed by atoms with Crippen LogP contribution in [-0.2, 0) is 0 Å². The summed E-state index contributed by atoms with van der Waals surface area (Å²) in [6.45, 7) is 3.67. The van der Waals surface area contributed by atoms with E-state index in [4.69, 9.17) is 0 Å². The number of rotatable bonds is 4. The molecule has 4 nitrogen and oxygen atoms in total. The molecule has 0 spiro atoms. The summed E-state index contributed by atoms with van der Waals surface area (Å²) in [5, 5.41) is 14.1. The smallest absolute Gasteiger partial charge is 0.252 e. The molecule has 4 saturated carbocycles. The first kappa shape index (κ1) is 20.4. The Morgan fingerprint density at radius 3 is 2.23 bits per heavy atom. The number of ketones is 1. The third kappa shape index (κ3) is 3.59. The van der Waals surface area contributed by atoms with Crippen LogP contribution in [0.5, 0.6) is 0 Å². The van der Waals surface area contributed by atoms with Crippen LogP contribution in [0.4, 0.5) is 4.39 Å². The highest BCUT2D eigenvalue weighted by atomic mass is 19.1. The van der Waals surface area contributed by atoms with Gasteiger partial charge in [0.2, 0.25) is 0 Å². The molecule has 2 atom stereocenters. The largest absolute Gasteiger partial charge is 0.390 e. The van der Waals surface area contributed by atoms with E-state index in [1.165, 1.54) is 18.2 Å². The number of aliphatic hydroxyl groups is 1. The lowest BCUT2D eigenvalue weighted by Gasteiger charge is -2.58. The van der Waals surface area contributed by atoms with Crippen molar-refractivity contribution in [2.45, 2.75) is 57.6 Å². The van der Waals surface area contributed by atoms with Crippen LogP contribution in [0.25, 0.3) is 0 Å². The Morgan fingerprint density at radius 1 is 1.00 bits per heavy atom. The van der Waals surface area contributed by atoms with Gasteiger partial charge in [-0.25, -0.2) is 4.39 Å². The van der Waals surface area contributed by atoms with Crippen molar-refractivity contribution in [3.63, 3.8) is 0 Å². The SMILES string of the molecule is Cc1cc(C(=O)c2cccc(F)c2)cc(C)c1C(=O)NC1C2CC3CC1CC(O)(C3)C2. The average Bonchev–Trinajstić information content (AvgIpc) is 2.68. The van der Waals surface area contributed by atoms with Gasteiger partial charge in [0.1, 0.15) is 5.82 Å². The third-order valence-corrected chi connectivity index (χ3v) is 7.65. The maximum absolute atomic E-state index is 13.5. The van der Waals surface area contributed by atoms with Gasteiger partial charge >= 0.3 is 0 Å². The number of carbonyl (C=O) groups is 2. The van der Waals surface area contributed by atoms with E-state index >= 15 is 0 Å². The number of amides is 1. The Morgan fingerprint density at radius 2 is 1.65 bits per heavy atom. The van der Waals surface area contributed by atoms with Crippen LogP contribution < -0.4 is 5.32 Å². The normalized spacial score (nSPS) is 31.0. The fraction of sp³-hybridized carbons (Fsp3) is 0.462. The van der Waals surface area contributed by atoms with Crippen molar-refractivity contribution in [1.82, 2.24) is 5.32 Å². The van der Waals surface area contributed by atoms with E-state index in [2.05, 4.69) is 5.32 Å². The predicted octanol–water partition coefficient (Wildman–Crippen LogP) is 4.34. The maximum Gasteiger partial charge on any atom is 0.252 e. The molecule has 2 unspecified atom stereocenters. The minimum absolute atomic E-state index is 0.107. The molecule has 2 aromatic rings. The van der Waals surface area contributed by atoms with Crippen LogP contribution in [-0.4, -0.2) is 28.4 Å². The molecular formula is C26H28FNO3. The Balaban J connectivity index is 1.37. The van der Waals surface area contributed by atoms with Crippen LogP contribution in [0.3, 0.4) is 0 Å². The Labute approximate surface area is 181 Å². The van der Waals surface area contributed by atoms with E-state index < -0.39 is 11.4 Å². The number of hydrogen-bond acceptors (Lipinski definition) is 3. The van der Waals surface area contributed by atoms with E-state index in [0.717, 1.165) is 43.2 Å². The van der Waals surface area contributed by atoms with Crippen molar-refractivity contribution in [3.05, 3.63) is 70.0 Å². The average molecular weight is 422 g/mol. The standard InChI is InChI=1S/C26H28FNO3/c1-14-6-18(24(29)17-4-3-5-21(27)10-17)7-15(2)22(14)25(30)28-23-19-8-16-9-20(23)13-26(31,11-16)12-19/h3-7,10,16,19-20,23,31H,8-9,11-13H2,1-2H3,(H,28,30). The predicted molar refractivity (Wildman–Crippen MR) is 116 cm³/mol. The summed E-state index contributed by atoms with van der Waals surface area (Å²) < 4.78 is 13.5. The highest BCUT2D eigenvalue weighted by Gasteiger charge is 2.55. The van der Waals surface area contributed by atoms with Gasteiger partial charge in [-0.3, -0.25) is 9.59 Å². The number of hydrogen-bond donors (Lipinski definition) is 2. The Hall–Kier alpha value is -2.53. The minimum atomic E-state index is -0.525. The molecule has 4 fully saturated rings. The summed E-state index contributed by atoms with van der Waals surface area (Å²) in [6.07, 6.45) is 4.65. The minimum Gasteiger partial charge on any atom is -0.390 e. The zero-order valence-electron chi connectivity index (χ0n) is 18.0. The molecule has 4 bridgehead atoms. The van der Waals surface area contributed by atoms with Gasteiger partial charge in [-0.2, -0.15) is 0 Å². The molecule has 5 heteroatoms. The van der Waals surface area contributed by atoms with Gasteiger partial charge in [-0.05, 0) is 99.1 Å². The molecule has 4 aliphatic carbocycles. The first-order valence-corrected chi connectivity index (χ1v) is 11.2. The zero-order valence-corrected chi connectivity index (χ0v) is 18.0. The summed E-state index contributed by atoms with van der Waals surface area (Å²) in [6, 6.07) is 9.19. The van der Waals surface area contributed by atoms with Crippen LogP contribution in [0, 0.1) is 37.4 Å². The topological polar surface area (TPSA) is 66.4 Å². The summed E-state index contributed by atoms with van der Waals surface area (Å²) in [7, 11) is 0. The maximum atomic E-state index is 13.5.